The van der Waals surface area contributed by atoms with Gasteiger partial charge in [-0.05, 0) is 72.8 Å². The molecule has 2 aliphatic rings. The molecule has 1 aliphatic carbocycles. The van der Waals surface area contributed by atoms with Crippen LogP contribution in [0.1, 0.15) is 86.1 Å². The molecule has 0 N–H and O–H groups in total. The fourth-order valence-corrected chi connectivity index (χ4v) is 5.45. The van der Waals surface area contributed by atoms with Crippen LogP contribution in [0.2, 0.25) is 0 Å². The summed E-state index contributed by atoms with van der Waals surface area (Å²) < 4.78 is 22.1. The zero-order valence-corrected chi connectivity index (χ0v) is 20.5. The van der Waals surface area contributed by atoms with E-state index in [9.17, 15) is 4.79 Å². The van der Waals surface area contributed by atoms with Gasteiger partial charge in [0, 0.05) is 24.2 Å². The normalized spacial score (nSPS) is 28.6. The molecule has 174 valence electrons. The van der Waals surface area contributed by atoms with E-state index in [-0.39, 0.29) is 6.04 Å². The Morgan fingerprint density at radius 3 is 2.32 bits per heavy atom. The number of piperidine rings is 1. The SMILES string of the molecule is CCC[C@@]1(C)C[C@H](N(Cc2ccccc2)C2CC2)[C@H](F)C(C)(C)N1C(=O)OC(C)(C)C. The van der Waals surface area contributed by atoms with Gasteiger partial charge in [-0.1, -0.05) is 43.7 Å². The molecule has 0 unspecified atom stereocenters. The number of hydrogen-bond acceptors (Lipinski definition) is 3. The average molecular weight is 433 g/mol. The van der Waals surface area contributed by atoms with E-state index in [1.165, 1.54) is 5.56 Å². The minimum absolute atomic E-state index is 0.224. The monoisotopic (exact) mass is 432 g/mol. The Balaban J connectivity index is 1.95. The molecule has 0 radical (unpaired) electrons. The highest BCUT2D eigenvalue weighted by Crippen LogP contribution is 2.47. The molecule has 1 aromatic rings. The molecular weight excluding hydrogens is 391 g/mol. The standard InChI is InChI=1S/C26H41FN2O2/c1-8-16-26(7)17-21(28(20-14-15-20)18-19-12-10-9-11-13-19)22(27)25(5,6)29(26)23(30)31-24(2,3)4/h9-13,20-22H,8,14-18H2,1-7H3/t21-,22-,26-/m0/s1. The number of amides is 1. The van der Waals surface area contributed by atoms with Crippen molar-refractivity contribution in [3.8, 4) is 0 Å². The van der Waals surface area contributed by atoms with Gasteiger partial charge in [0.2, 0.25) is 0 Å². The Morgan fingerprint density at radius 1 is 1.19 bits per heavy atom. The molecule has 0 spiro atoms. The molecule has 3 rings (SSSR count). The first-order chi connectivity index (χ1) is 14.4. The number of rotatable bonds is 6. The number of hydrogen-bond donors (Lipinski definition) is 0. The molecule has 5 heteroatoms. The van der Waals surface area contributed by atoms with Crippen molar-refractivity contribution in [3.63, 3.8) is 0 Å². The number of halogens is 1. The van der Waals surface area contributed by atoms with Gasteiger partial charge in [0.25, 0.3) is 0 Å². The number of carbonyl (C=O) groups is 1. The van der Waals surface area contributed by atoms with E-state index in [0.717, 1.165) is 32.2 Å². The number of nitrogens with zero attached hydrogens (tertiary/aromatic N) is 2. The maximum Gasteiger partial charge on any atom is 0.411 e. The second-order valence-corrected chi connectivity index (χ2v) is 11.3. The predicted octanol–water partition coefficient (Wildman–Crippen LogP) is 6.34. The summed E-state index contributed by atoms with van der Waals surface area (Å²) in [4.78, 5) is 17.4. The number of likely N-dealkylation sites (tertiary alicyclic amines) is 1. The Kier molecular flexibility index (Phi) is 6.76. The van der Waals surface area contributed by atoms with E-state index < -0.39 is 28.9 Å². The van der Waals surface area contributed by atoms with E-state index in [2.05, 4.69) is 30.9 Å². The zero-order valence-electron chi connectivity index (χ0n) is 20.5. The van der Waals surface area contributed by atoms with E-state index in [0.29, 0.717) is 12.5 Å². The molecule has 4 nitrogen and oxygen atoms in total. The molecule has 3 atom stereocenters. The Hall–Kier alpha value is -1.62. The molecule has 1 heterocycles. The van der Waals surface area contributed by atoms with Gasteiger partial charge in [-0.3, -0.25) is 9.80 Å². The minimum Gasteiger partial charge on any atom is -0.444 e. The van der Waals surface area contributed by atoms with Crippen molar-refractivity contribution in [2.75, 3.05) is 0 Å². The molecule has 0 aromatic heterocycles. The van der Waals surface area contributed by atoms with Gasteiger partial charge in [-0.15, -0.1) is 0 Å². The maximum absolute atomic E-state index is 16.3. The van der Waals surface area contributed by atoms with E-state index in [1.54, 1.807) is 4.90 Å². The summed E-state index contributed by atoms with van der Waals surface area (Å²) in [6, 6.07) is 10.6. The van der Waals surface area contributed by atoms with Crippen LogP contribution >= 0.6 is 0 Å². The summed E-state index contributed by atoms with van der Waals surface area (Å²) in [6.45, 7) is 14.3. The largest absolute Gasteiger partial charge is 0.444 e. The molecule has 0 bridgehead atoms. The van der Waals surface area contributed by atoms with Crippen LogP contribution in [-0.2, 0) is 11.3 Å². The van der Waals surface area contributed by atoms with Crippen molar-refractivity contribution < 1.29 is 13.9 Å². The van der Waals surface area contributed by atoms with Gasteiger partial charge in [0.1, 0.15) is 11.8 Å². The molecule has 2 fully saturated rings. The summed E-state index contributed by atoms with van der Waals surface area (Å²) in [5.74, 6) is 0. The second-order valence-electron chi connectivity index (χ2n) is 11.3. The highest BCUT2D eigenvalue weighted by atomic mass is 19.1. The van der Waals surface area contributed by atoms with E-state index in [1.807, 2.05) is 52.8 Å². The Bertz CT molecular complexity index is 756. The maximum atomic E-state index is 16.3. The lowest BCUT2D eigenvalue weighted by Gasteiger charge is -2.59. The van der Waals surface area contributed by atoms with Crippen molar-refractivity contribution in [2.24, 2.45) is 0 Å². The number of carbonyl (C=O) groups excluding carboxylic acids is 1. The van der Waals surface area contributed by atoms with Crippen LogP contribution in [0, 0.1) is 0 Å². The third-order valence-corrected chi connectivity index (χ3v) is 6.79. The molecule has 1 aliphatic heterocycles. The summed E-state index contributed by atoms with van der Waals surface area (Å²) in [6.07, 6.45) is 3.05. The Labute approximate surface area is 188 Å². The lowest BCUT2D eigenvalue weighted by atomic mass is 9.72. The van der Waals surface area contributed by atoms with Gasteiger partial charge >= 0.3 is 6.09 Å². The van der Waals surface area contributed by atoms with Crippen LogP contribution in [0.4, 0.5) is 9.18 Å². The van der Waals surface area contributed by atoms with Crippen LogP contribution in [0.25, 0.3) is 0 Å². The lowest BCUT2D eigenvalue weighted by Crippen LogP contribution is -2.72. The number of ether oxygens (including phenoxy) is 1. The zero-order chi connectivity index (χ0) is 23.0. The van der Waals surface area contributed by atoms with Crippen LogP contribution in [0.3, 0.4) is 0 Å². The summed E-state index contributed by atoms with van der Waals surface area (Å²) in [7, 11) is 0. The average Bonchev–Trinajstić information content (AvgIpc) is 3.47. The molecule has 1 saturated carbocycles. The quantitative estimate of drug-likeness (QED) is 0.526. The van der Waals surface area contributed by atoms with E-state index >= 15 is 4.39 Å². The van der Waals surface area contributed by atoms with Crippen molar-refractivity contribution in [3.05, 3.63) is 35.9 Å². The molecule has 1 amide bonds. The second kappa shape index (κ2) is 8.73. The molecule has 1 aromatic carbocycles. The molecule has 1 saturated heterocycles. The fraction of sp³-hybridized carbons (Fsp3) is 0.731. The molecular formula is C26H41FN2O2. The van der Waals surface area contributed by atoms with Crippen LogP contribution in [-0.4, -0.2) is 50.8 Å². The summed E-state index contributed by atoms with van der Waals surface area (Å²) >= 11 is 0. The van der Waals surface area contributed by atoms with Gasteiger partial charge in [0.15, 0.2) is 0 Å². The number of alkyl halides is 1. The topological polar surface area (TPSA) is 32.8 Å². The lowest BCUT2D eigenvalue weighted by molar-refractivity contribution is -0.124. The van der Waals surface area contributed by atoms with Gasteiger partial charge in [-0.2, -0.15) is 0 Å². The minimum atomic E-state index is -1.16. The highest BCUT2D eigenvalue weighted by Gasteiger charge is 2.59. The van der Waals surface area contributed by atoms with Crippen molar-refractivity contribution >= 4 is 6.09 Å². The van der Waals surface area contributed by atoms with Crippen molar-refractivity contribution in [1.82, 2.24) is 9.80 Å². The number of benzene rings is 1. The van der Waals surface area contributed by atoms with Crippen molar-refractivity contribution in [2.45, 2.75) is 122 Å². The van der Waals surface area contributed by atoms with Gasteiger partial charge in [-0.25, -0.2) is 9.18 Å². The third kappa shape index (κ3) is 5.24. The fourth-order valence-electron chi connectivity index (χ4n) is 5.45. The first kappa shape index (κ1) is 24.0. The first-order valence-electron chi connectivity index (χ1n) is 11.9. The third-order valence-electron chi connectivity index (χ3n) is 6.79. The van der Waals surface area contributed by atoms with Crippen LogP contribution < -0.4 is 0 Å². The smallest absolute Gasteiger partial charge is 0.411 e. The highest BCUT2D eigenvalue weighted by molar-refractivity contribution is 5.71. The van der Waals surface area contributed by atoms with E-state index in [4.69, 9.17) is 4.74 Å². The van der Waals surface area contributed by atoms with Crippen LogP contribution in [0.15, 0.2) is 30.3 Å². The van der Waals surface area contributed by atoms with Crippen molar-refractivity contribution in [1.29, 1.82) is 0 Å². The van der Waals surface area contributed by atoms with Gasteiger partial charge < -0.3 is 4.74 Å². The molecule has 31 heavy (non-hydrogen) atoms. The first-order valence-corrected chi connectivity index (χ1v) is 11.9. The summed E-state index contributed by atoms with van der Waals surface area (Å²) in [5, 5.41) is 0. The van der Waals surface area contributed by atoms with Gasteiger partial charge in [0.05, 0.1) is 5.54 Å². The predicted molar refractivity (Wildman–Crippen MR) is 124 cm³/mol. The van der Waals surface area contributed by atoms with Crippen LogP contribution in [0.5, 0.6) is 0 Å². The summed E-state index contributed by atoms with van der Waals surface area (Å²) in [5.41, 5.74) is -0.821. The Morgan fingerprint density at radius 2 is 1.81 bits per heavy atom.